The Hall–Kier alpha value is -2.80. The van der Waals surface area contributed by atoms with E-state index in [1.54, 1.807) is 6.92 Å². The Morgan fingerprint density at radius 1 is 1.18 bits per heavy atom. The Morgan fingerprint density at radius 3 is 2.58 bits per heavy atom. The van der Waals surface area contributed by atoms with Gasteiger partial charge in [-0.2, -0.15) is 0 Å². The fraction of sp³-hybridized carbons (Fsp3) is 0.400. The smallest absolute Gasteiger partial charge is 0.282 e. The van der Waals surface area contributed by atoms with Crippen molar-refractivity contribution >= 4 is 15.9 Å². The van der Waals surface area contributed by atoms with Gasteiger partial charge in [0, 0.05) is 23.7 Å². The van der Waals surface area contributed by atoms with Crippen molar-refractivity contribution in [2.45, 2.75) is 31.4 Å². The molecular weight excluding hydrogens is 471 g/mol. The zero-order valence-electron chi connectivity index (χ0n) is 17.4. The third kappa shape index (κ3) is 4.78. The van der Waals surface area contributed by atoms with Gasteiger partial charge in [-0.1, -0.05) is 5.16 Å². The molecule has 2 aromatic rings. The predicted octanol–water partition coefficient (Wildman–Crippen LogP) is 3.12. The van der Waals surface area contributed by atoms with Gasteiger partial charge in [0.2, 0.25) is 10.0 Å². The number of hydrogen-bond donors (Lipinski definition) is 1. The number of amidine groups is 1. The molecule has 0 bridgehead atoms. The van der Waals surface area contributed by atoms with Gasteiger partial charge in [-0.15, -0.1) is 0 Å². The highest BCUT2D eigenvalue weighted by molar-refractivity contribution is 7.88. The first-order valence-electron chi connectivity index (χ1n) is 9.78. The average molecular weight is 490 g/mol. The first kappa shape index (κ1) is 23.4. The summed E-state index contributed by atoms with van der Waals surface area (Å²) >= 11 is 0. The summed E-state index contributed by atoms with van der Waals surface area (Å²) in [6, 6.07) is 1.60. The van der Waals surface area contributed by atoms with Crippen molar-refractivity contribution in [3.63, 3.8) is 0 Å². The second-order valence-corrected chi connectivity index (χ2v) is 9.86. The van der Waals surface area contributed by atoms with Crippen LogP contribution in [0.3, 0.4) is 0 Å². The van der Waals surface area contributed by atoms with Gasteiger partial charge in [0.05, 0.1) is 25.4 Å². The van der Waals surface area contributed by atoms with Gasteiger partial charge < -0.3 is 9.74 Å². The van der Waals surface area contributed by atoms with E-state index in [0.717, 1.165) is 17.4 Å². The number of likely N-dealkylation sites (tertiary alicyclic amines) is 1. The Balaban J connectivity index is 1.61. The van der Waals surface area contributed by atoms with E-state index in [9.17, 15) is 30.4 Å². The Bertz CT molecular complexity index is 1240. The minimum Gasteiger partial charge on any atom is -0.386 e. The van der Waals surface area contributed by atoms with Crippen LogP contribution in [0.15, 0.2) is 29.6 Å². The number of hydrogen-bond acceptors (Lipinski definition) is 6. The number of nitrogens with zero attached hydrogens (tertiary/aromatic N) is 3. The fourth-order valence-corrected chi connectivity index (χ4v) is 4.72. The molecule has 0 saturated carbocycles. The van der Waals surface area contributed by atoms with Crippen LogP contribution in [0.4, 0.5) is 22.0 Å². The SMILES string of the molecule is Cc1cc(F)c(C2CC(N3C[C@@H](NS(C)(=O)=O)C(F)(F)C3)=NO2)c(-c2ncc(F)cc2F)c1. The lowest BCUT2D eigenvalue weighted by Crippen LogP contribution is -2.46. The highest BCUT2D eigenvalue weighted by Gasteiger charge is 2.51. The minimum absolute atomic E-state index is 0.0230. The van der Waals surface area contributed by atoms with E-state index in [2.05, 4.69) is 10.1 Å². The normalized spacial score (nSPS) is 22.4. The summed E-state index contributed by atoms with van der Waals surface area (Å²) < 4.78 is 96.1. The van der Waals surface area contributed by atoms with Crippen LogP contribution in [0.5, 0.6) is 0 Å². The molecule has 2 aliphatic heterocycles. The van der Waals surface area contributed by atoms with E-state index in [4.69, 9.17) is 4.84 Å². The molecule has 0 spiro atoms. The maximum atomic E-state index is 15.0. The van der Waals surface area contributed by atoms with Crippen molar-refractivity contribution in [2.24, 2.45) is 5.16 Å². The number of nitrogens with one attached hydrogen (secondary N) is 1. The topological polar surface area (TPSA) is 83.9 Å². The summed E-state index contributed by atoms with van der Waals surface area (Å²) in [7, 11) is -3.88. The first-order valence-corrected chi connectivity index (χ1v) is 11.7. The highest BCUT2D eigenvalue weighted by atomic mass is 32.2. The van der Waals surface area contributed by atoms with E-state index in [1.807, 2.05) is 4.72 Å². The van der Waals surface area contributed by atoms with E-state index < -0.39 is 52.1 Å². The van der Waals surface area contributed by atoms with Crippen LogP contribution in [0.2, 0.25) is 0 Å². The van der Waals surface area contributed by atoms with E-state index in [1.165, 1.54) is 12.1 Å². The lowest BCUT2D eigenvalue weighted by Gasteiger charge is -2.18. The fourth-order valence-electron chi connectivity index (χ4n) is 3.96. The van der Waals surface area contributed by atoms with E-state index in [0.29, 0.717) is 11.6 Å². The molecule has 13 heteroatoms. The van der Waals surface area contributed by atoms with Gasteiger partial charge in [-0.05, 0) is 24.6 Å². The molecular formula is C20H19F5N4O3S. The lowest BCUT2D eigenvalue weighted by atomic mass is 9.94. The Labute approximate surface area is 186 Å². The molecule has 178 valence electrons. The predicted molar refractivity (Wildman–Crippen MR) is 108 cm³/mol. The summed E-state index contributed by atoms with van der Waals surface area (Å²) in [5.41, 5.74) is 0.0740. The standard InChI is InChI=1S/C20H19F5N4O3S/c1-10-3-12(19-14(23)5-11(21)7-26-19)18(13(22)4-10)15-6-17(27-32-15)29-8-16(20(24,25)9-29)28-33(2,30)31/h3-5,7,15-16,28H,6,8-9H2,1-2H3/t15?,16-/m1/s1. The van der Waals surface area contributed by atoms with Crippen LogP contribution in [-0.4, -0.2) is 55.4 Å². The highest BCUT2D eigenvalue weighted by Crippen LogP contribution is 2.39. The number of pyridine rings is 1. The molecule has 1 unspecified atom stereocenters. The molecule has 2 atom stereocenters. The molecule has 0 aliphatic carbocycles. The molecule has 0 radical (unpaired) electrons. The van der Waals surface area contributed by atoms with Gasteiger partial charge in [0.1, 0.15) is 29.2 Å². The number of rotatable bonds is 4. The van der Waals surface area contributed by atoms with E-state index in [-0.39, 0.29) is 35.6 Å². The number of alkyl halides is 2. The van der Waals surface area contributed by atoms with Gasteiger partial charge in [-0.3, -0.25) is 4.98 Å². The monoisotopic (exact) mass is 490 g/mol. The second kappa shape index (κ2) is 8.20. The zero-order valence-corrected chi connectivity index (χ0v) is 18.3. The van der Waals surface area contributed by atoms with Crippen LogP contribution < -0.4 is 4.72 Å². The van der Waals surface area contributed by atoms with Gasteiger partial charge in [0.25, 0.3) is 5.92 Å². The number of benzene rings is 1. The van der Waals surface area contributed by atoms with Crippen molar-refractivity contribution < 1.29 is 35.2 Å². The molecule has 33 heavy (non-hydrogen) atoms. The Morgan fingerprint density at radius 2 is 1.91 bits per heavy atom. The molecule has 1 aromatic carbocycles. The number of sulfonamides is 1. The van der Waals surface area contributed by atoms with Gasteiger partial charge in [-0.25, -0.2) is 35.1 Å². The maximum absolute atomic E-state index is 15.0. The molecule has 1 N–H and O–H groups in total. The van der Waals surface area contributed by atoms with Crippen molar-refractivity contribution in [1.82, 2.24) is 14.6 Å². The first-order chi connectivity index (χ1) is 15.3. The third-order valence-corrected chi connectivity index (χ3v) is 6.06. The van der Waals surface area contributed by atoms with Crippen LogP contribution in [0.25, 0.3) is 11.3 Å². The van der Waals surface area contributed by atoms with Crippen molar-refractivity contribution in [1.29, 1.82) is 0 Å². The molecule has 2 aliphatic rings. The minimum atomic E-state index is -3.88. The molecule has 3 heterocycles. The third-order valence-electron chi connectivity index (χ3n) is 5.35. The van der Waals surface area contributed by atoms with Crippen LogP contribution in [0.1, 0.15) is 23.7 Å². The molecule has 7 nitrogen and oxygen atoms in total. The summed E-state index contributed by atoms with van der Waals surface area (Å²) in [5, 5.41) is 3.80. The van der Waals surface area contributed by atoms with Crippen molar-refractivity contribution in [3.05, 3.63) is 53.0 Å². The average Bonchev–Trinajstić information content (AvgIpc) is 3.25. The van der Waals surface area contributed by atoms with Gasteiger partial charge in [0.15, 0.2) is 11.9 Å². The molecule has 4 rings (SSSR count). The second-order valence-electron chi connectivity index (χ2n) is 8.08. The summed E-state index contributed by atoms with van der Waals surface area (Å²) in [5.74, 6) is -5.96. The quantitative estimate of drug-likeness (QED) is 0.666. The maximum Gasteiger partial charge on any atom is 0.282 e. The Kier molecular flexibility index (Phi) is 5.81. The van der Waals surface area contributed by atoms with Crippen molar-refractivity contribution in [3.8, 4) is 11.3 Å². The summed E-state index contributed by atoms with van der Waals surface area (Å²) in [4.78, 5) is 10.2. The largest absolute Gasteiger partial charge is 0.386 e. The molecule has 1 aromatic heterocycles. The number of aryl methyl sites for hydroxylation is 1. The van der Waals surface area contributed by atoms with Crippen LogP contribution in [0, 0.1) is 24.4 Å². The lowest BCUT2D eigenvalue weighted by molar-refractivity contribution is -0.00123. The van der Waals surface area contributed by atoms with E-state index >= 15 is 0 Å². The number of aromatic nitrogens is 1. The van der Waals surface area contributed by atoms with Crippen molar-refractivity contribution in [2.75, 3.05) is 19.3 Å². The number of oxime groups is 1. The molecule has 0 amide bonds. The summed E-state index contributed by atoms with van der Waals surface area (Å²) in [6.07, 6.45) is 0.360. The van der Waals surface area contributed by atoms with Gasteiger partial charge >= 0.3 is 0 Å². The summed E-state index contributed by atoms with van der Waals surface area (Å²) in [6.45, 7) is 0.398. The van der Waals surface area contributed by atoms with Crippen LogP contribution in [-0.2, 0) is 14.9 Å². The number of halogens is 5. The molecule has 1 fully saturated rings. The molecule has 1 saturated heterocycles. The van der Waals surface area contributed by atoms with Crippen LogP contribution >= 0.6 is 0 Å². The zero-order chi connectivity index (χ0) is 24.1.